The Morgan fingerprint density at radius 1 is 1.36 bits per heavy atom. The van der Waals surface area contributed by atoms with E-state index < -0.39 is 11.9 Å². The number of carboxylic acids is 1. The Balaban J connectivity index is 2.12. The van der Waals surface area contributed by atoms with E-state index in [1.54, 1.807) is 0 Å². The van der Waals surface area contributed by atoms with Gasteiger partial charge in [-0.15, -0.1) is 0 Å². The smallest absolute Gasteiger partial charge is 0.328 e. The number of aliphatic hydroxyl groups excluding tert-OH is 1. The fourth-order valence-electron chi connectivity index (χ4n) is 1.32. The maximum Gasteiger partial charge on any atom is 0.328 e. The highest BCUT2D eigenvalue weighted by atomic mass is 16.4. The topological polar surface area (TPSA) is 86.6 Å². The van der Waals surface area contributed by atoms with E-state index in [9.17, 15) is 9.59 Å². The van der Waals surface area contributed by atoms with E-state index in [1.165, 1.54) is 0 Å². The molecule has 0 aromatic rings. The van der Waals surface area contributed by atoms with Crippen LogP contribution in [0.5, 0.6) is 0 Å². The Morgan fingerprint density at radius 2 is 2.00 bits per heavy atom. The minimum absolute atomic E-state index is 0.230. The monoisotopic (exact) mass is 199 g/mol. The first kappa shape index (κ1) is 10.7. The third-order valence-electron chi connectivity index (χ3n) is 2.15. The predicted molar refractivity (Wildman–Crippen MR) is 48.5 cm³/mol. The Morgan fingerprint density at radius 3 is 2.50 bits per heavy atom. The van der Waals surface area contributed by atoms with Gasteiger partial charge in [-0.3, -0.25) is 4.79 Å². The van der Waals surface area contributed by atoms with Crippen molar-refractivity contribution in [3.63, 3.8) is 0 Å². The minimum atomic E-state index is -1.14. The number of carbonyl (C=O) groups excluding carboxylic acids is 1. The maximum absolute atomic E-state index is 10.9. The second kappa shape index (κ2) is 4.76. The van der Waals surface area contributed by atoms with Crippen molar-refractivity contribution in [2.45, 2.75) is 18.9 Å². The average Bonchev–Trinajstić information content (AvgIpc) is 2.07. The van der Waals surface area contributed by atoms with Gasteiger partial charge >= 0.3 is 5.97 Å². The van der Waals surface area contributed by atoms with E-state index >= 15 is 0 Å². The zero-order valence-electron chi connectivity index (χ0n) is 7.64. The van der Waals surface area contributed by atoms with Crippen molar-refractivity contribution in [2.24, 2.45) is 5.92 Å². The van der Waals surface area contributed by atoms with Crippen LogP contribution >= 0.6 is 0 Å². The van der Waals surface area contributed by atoms with E-state index in [4.69, 9.17) is 10.2 Å². The molecule has 5 heteroatoms. The molecule has 1 amide bonds. The first-order chi connectivity index (χ1) is 6.58. The van der Waals surface area contributed by atoms with E-state index in [1.807, 2.05) is 0 Å². The predicted octanol–water partition coefficient (Wildman–Crippen LogP) is -0.486. The number of hydrogen-bond donors (Lipinski definition) is 3. The summed E-state index contributed by atoms with van der Waals surface area (Å²) >= 11 is 0. The lowest BCUT2D eigenvalue weighted by Crippen LogP contribution is -2.37. The van der Waals surface area contributed by atoms with Crippen LogP contribution in [0.3, 0.4) is 0 Å². The van der Waals surface area contributed by atoms with Crippen LogP contribution in [0.2, 0.25) is 0 Å². The molecule has 1 fully saturated rings. The largest absolute Gasteiger partial charge is 0.478 e. The van der Waals surface area contributed by atoms with Crippen LogP contribution in [0.25, 0.3) is 0 Å². The number of carboxylic acid groups (broad SMARTS) is 1. The number of amides is 1. The van der Waals surface area contributed by atoms with Crippen LogP contribution in [-0.2, 0) is 9.59 Å². The van der Waals surface area contributed by atoms with Crippen LogP contribution in [-0.4, -0.2) is 34.7 Å². The molecular formula is C9H13NO4. The zero-order chi connectivity index (χ0) is 10.6. The van der Waals surface area contributed by atoms with Crippen molar-refractivity contribution >= 4 is 11.9 Å². The van der Waals surface area contributed by atoms with Crippen LogP contribution < -0.4 is 5.32 Å². The van der Waals surface area contributed by atoms with Crippen LogP contribution in [0, 0.1) is 5.92 Å². The highest BCUT2D eigenvalue weighted by Gasteiger charge is 2.26. The molecule has 1 rings (SSSR count). The summed E-state index contributed by atoms with van der Waals surface area (Å²) in [7, 11) is 0. The van der Waals surface area contributed by atoms with E-state index in [0.717, 1.165) is 12.2 Å². The van der Waals surface area contributed by atoms with Gasteiger partial charge in [0.25, 0.3) is 0 Å². The van der Waals surface area contributed by atoms with Gasteiger partial charge in [0.1, 0.15) is 0 Å². The van der Waals surface area contributed by atoms with Gasteiger partial charge in [-0.05, 0) is 18.8 Å². The SMILES string of the molecule is O=C(O)C=CC(=O)NCC1CC(O)C1. The number of rotatable bonds is 4. The molecule has 5 nitrogen and oxygen atoms in total. The number of nitrogens with one attached hydrogen (secondary N) is 1. The van der Waals surface area contributed by atoms with Gasteiger partial charge in [0, 0.05) is 18.7 Å². The summed E-state index contributed by atoms with van der Waals surface area (Å²) in [4.78, 5) is 21.0. The maximum atomic E-state index is 10.9. The molecule has 1 saturated carbocycles. The van der Waals surface area contributed by atoms with Crippen molar-refractivity contribution in [2.75, 3.05) is 6.54 Å². The fourth-order valence-corrected chi connectivity index (χ4v) is 1.32. The molecule has 0 spiro atoms. The minimum Gasteiger partial charge on any atom is -0.478 e. The van der Waals surface area contributed by atoms with Gasteiger partial charge in [0.15, 0.2) is 0 Å². The number of hydrogen-bond acceptors (Lipinski definition) is 3. The third kappa shape index (κ3) is 3.57. The molecule has 1 aliphatic carbocycles. The molecule has 3 N–H and O–H groups in total. The normalized spacial score (nSPS) is 25.8. The Kier molecular flexibility index (Phi) is 3.64. The van der Waals surface area contributed by atoms with Gasteiger partial charge in [0.2, 0.25) is 5.91 Å². The van der Waals surface area contributed by atoms with Gasteiger partial charge in [-0.25, -0.2) is 4.79 Å². The molecule has 0 aliphatic heterocycles. The average molecular weight is 199 g/mol. The molecule has 0 saturated heterocycles. The van der Waals surface area contributed by atoms with Crippen molar-refractivity contribution in [1.82, 2.24) is 5.32 Å². The summed E-state index contributed by atoms with van der Waals surface area (Å²) in [6.07, 6.45) is 2.97. The van der Waals surface area contributed by atoms with Crippen molar-refractivity contribution in [3.05, 3.63) is 12.2 Å². The molecule has 14 heavy (non-hydrogen) atoms. The highest BCUT2D eigenvalue weighted by Crippen LogP contribution is 2.25. The molecule has 1 aliphatic rings. The molecule has 0 aromatic heterocycles. The summed E-state index contributed by atoms with van der Waals surface area (Å²) in [5, 5.41) is 19.7. The Labute approximate surface area is 81.4 Å². The molecule has 0 atom stereocenters. The van der Waals surface area contributed by atoms with Crippen LogP contribution in [0.4, 0.5) is 0 Å². The first-order valence-electron chi connectivity index (χ1n) is 4.45. The van der Waals surface area contributed by atoms with Crippen molar-refractivity contribution in [3.8, 4) is 0 Å². The molecule has 0 radical (unpaired) electrons. The van der Waals surface area contributed by atoms with Crippen LogP contribution in [0.15, 0.2) is 12.2 Å². The second-order valence-corrected chi connectivity index (χ2v) is 3.41. The highest BCUT2D eigenvalue weighted by molar-refractivity contribution is 5.93. The summed E-state index contributed by atoms with van der Waals surface area (Å²) in [5.41, 5.74) is 0. The van der Waals surface area contributed by atoms with E-state index in [-0.39, 0.29) is 6.10 Å². The lowest BCUT2D eigenvalue weighted by atomic mass is 9.82. The first-order valence-corrected chi connectivity index (χ1v) is 4.45. The summed E-state index contributed by atoms with van der Waals surface area (Å²) < 4.78 is 0. The van der Waals surface area contributed by atoms with Crippen molar-refractivity contribution < 1.29 is 19.8 Å². The summed E-state index contributed by atoms with van der Waals surface area (Å²) in [6.45, 7) is 0.500. The third-order valence-corrected chi connectivity index (χ3v) is 2.15. The zero-order valence-corrected chi connectivity index (χ0v) is 7.64. The quantitative estimate of drug-likeness (QED) is 0.533. The molecule has 0 unspecified atom stereocenters. The van der Waals surface area contributed by atoms with Gasteiger partial charge in [-0.2, -0.15) is 0 Å². The molecule has 0 aromatic carbocycles. The van der Waals surface area contributed by atoms with Crippen molar-refractivity contribution in [1.29, 1.82) is 0 Å². The summed E-state index contributed by atoms with van der Waals surface area (Å²) in [6, 6.07) is 0. The Hall–Kier alpha value is -1.36. The Bertz CT molecular complexity index is 256. The number of aliphatic hydroxyl groups is 1. The standard InChI is InChI=1S/C9H13NO4/c11-7-3-6(4-7)5-10-8(12)1-2-9(13)14/h1-2,6-7,11H,3-5H2,(H,10,12)(H,13,14). The number of carbonyl (C=O) groups is 2. The van der Waals surface area contributed by atoms with Gasteiger partial charge in [-0.1, -0.05) is 0 Å². The van der Waals surface area contributed by atoms with Gasteiger partial charge in [0.05, 0.1) is 6.10 Å². The molecule has 78 valence electrons. The lowest BCUT2D eigenvalue weighted by Gasteiger charge is -2.31. The van der Waals surface area contributed by atoms with E-state index in [2.05, 4.69) is 5.32 Å². The van der Waals surface area contributed by atoms with Crippen LogP contribution in [0.1, 0.15) is 12.8 Å². The molecule has 0 bridgehead atoms. The second-order valence-electron chi connectivity index (χ2n) is 3.41. The van der Waals surface area contributed by atoms with Gasteiger partial charge < -0.3 is 15.5 Å². The summed E-state index contributed by atoms with van der Waals surface area (Å²) in [5.74, 6) is -1.22. The fraction of sp³-hybridized carbons (Fsp3) is 0.556. The molecular weight excluding hydrogens is 186 g/mol. The van der Waals surface area contributed by atoms with E-state index in [0.29, 0.717) is 25.3 Å². The molecule has 0 heterocycles. The number of aliphatic carboxylic acids is 1. The lowest BCUT2D eigenvalue weighted by molar-refractivity contribution is -0.131.